The van der Waals surface area contributed by atoms with Gasteiger partial charge in [0.25, 0.3) is 0 Å². The Kier molecular flexibility index (Phi) is 8.50. The van der Waals surface area contributed by atoms with E-state index >= 15 is 0 Å². The van der Waals surface area contributed by atoms with Crippen LogP contribution >= 0.6 is 0 Å². The molecule has 0 fully saturated rings. The fraction of sp³-hybridized carbons (Fsp3) is 0.240. The Labute approximate surface area is 200 Å². The number of sulfonamides is 1. The summed E-state index contributed by atoms with van der Waals surface area (Å²) in [5.41, 5.74) is 2.11. The van der Waals surface area contributed by atoms with Gasteiger partial charge in [-0.15, -0.1) is 0 Å². The Hall–Kier alpha value is -3.56. The molecule has 2 aromatic carbocycles. The molecule has 0 radical (unpaired) electrons. The van der Waals surface area contributed by atoms with Gasteiger partial charge in [0.1, 0.15) is 6.04 Å². The van der Waals surface area contributed by atoms with E-state index in [-0.39, 0.29) is 25.5 Å². The largest absolute Gasteiger partial charge is 0.348 e. The van der Waals surface area contributed by atoms with Gasteiger partial charge >= 0.3 is 0 Å². The number of nitrogens with one attached hydrogen (secondary N) is 1. The maximum absolute atomic E-state index is 13.5. The lowest BCUT2D eigenvalue weighted by molar-refractivity contribution is -0.141. The summed E-state index contributed by atoms with van der Waals surface area (Å²) >= 11 is 0. The normalized spacial score (nSPS) is 12.2. The van der Waals surface area contributed by atoms with Gasteiger partial charge in [-0.1, -0.05) is 66.7 Å². The van der Waals surface area contributed by atoms with Crippen molar-refractivity contribution in [3.05, 3.63) is 102 Å². The molecule has 0 bridgehead atoms. The summed E-state index contributed by atoms with van der Waals surface area (Å²) in [6, 6.07) is 22.7. The third kappa shape index (κ3) is 6.97. The average Bonchev–Trinajstić information content (AvgIpc) is 2.83. The van der Waals surface area contributed by atoms with Gasteiger partial charge in [-0.2, -0.15) is 4.31 Å². The van der Waals surface area contributed by atoms with Crippen molar-refractivity contribution in [3.63, 3.8) is 0 Å². The number of hydrogen-bond donors (Lipinski definition) is 1. The molecule has 9 heteroatoms. The molecule has 0 aliphatic carbocycles. The van der Waals surface area contributed by atoms with E-state index in [2.05, 4.69) is 10.3 Å². The predicted molar refractivity (Wildman–Crippen MR) is 130 cm³/mol. The van der Waals surface area contributed by atoms with Gasteiger partial charge in [0.2, 0.25) is 21.8 Å². The summed E-state index contributed by atoms with van der Waals surface area (Å²) in [5.74, 6) is -0.873. The number of hydrogen-bond acceptors (Lipinski definition) is 5. The van der Waals surface area contributed by atoms with Crippen molar-refractivity contribution in [2.45, 2.75) is 19.1 Å². The zero-order chi connectivity index (χ0) is 24.6. The van der Waals surface area contributed by atoms with E-state index in [1.807, 2.05) is 42.5 Å². The SMILES string of the molecule is CN(CC(=O)N(Cc1ccccc1)[C@H](C(=O)NCc1ccccn1)c1ccccc1)S(C)(=O)=O. The monoisotopic (exact) mass is 480 g/mol. The molecule has 3 rings (SSSR count). The molecule has 1 atom stereocenters. The third-order valence-corrected chi connectivity index (χ3v) is 6.55. The first kappa shape index (κ1) is 25.1. The van der Waals surface area contributed by atoms with Crippen molar-refractivity contribution in [2.24, 2.45) is 0 Å². The summed E-state index contributed by atoms with van der Waals surface area (Å²) in [6.45, 7) is -0.0595. The second-order valence-corrected chi connectivity index (χ2v) is 9.97. The van der Waals surface area contributed by atoms with Gasteiger partial charge in [0, 0.05) is 19.8 Å². The number of likely N-dealkylation sites (N-methyl/N-ethyl adjacent to an activating group) is 1. The van der Waals surface area contributed by atoms with Crippen molar-refractivity contribution in [1.29, 1.82) is 0 Å². The number of aromatic nitrogens is 1. The number of carbonyl (C=O) groups is 2. The number of carbonyl (C=O) groups excluding carboxylic acids is 2. The highest BCUT2D eigenvalue weighted by molar-refractivity contribution is 7.88. The zero-order valence-electron chi connectivity index (χ0n) is 19.2. The summed E-state index contributed by atoms with van der Waals surface area (Å²) in [7, 11) is -2.24. The first-order valence-electron chi connectivity index (χ1n) is 10.7. The van der Waals surface area contributed by atoms with Crippen LogP contribution in [-0.2, 0) is 32.7 Å². The molecule has 2 amide bonds. The van der Waals surface area contributed by atoms with Crippen LogP contribution in [0.5, 0.6) is 0 Å². The van der Waals surface area contributed by atoms with Crippen molar-refractivity contribution in [2.75, 3.05) is 19.8 Å². The highest BCUT2D eigenvalue weighted by atomic mass is 32.2. The van der Waals surface area contributed by atoms with E-state index in [0.29, 0.717) is 11.3 Å². The molecular formula is C25H28N4O4S. The Bertz CT molecular complexity index is 1190. The Balaban J connectivity index is 1.96. The zero-order valence-corrected chi connectivity index (χ0v) is 20.0. The first-order chi connectivity index (χ1) is 16.3. The van der Waals surface area contributed by atoms with Gasteiger partial charge in [-0.05, 0) is 23.3 Å². The highest BCUT2D eigenvalue weighted by Crippen LogP contribution is 2.24. The molecule has 8 nitrogen and oxygen atoms in total. The van der Waals surface area contributed by atoms with E-state index in [0.717, 1.165) is 16.1 Å². The van der Waals surface area contributed by atoms with E-state index in [1.165, 1.54) is 11.9 Å². The fourth-order valence-corrected chi connectivity index (χ4v) is 3.73. The third-order valence-electron chi connectivity index (χ3n) is 5.29. The lowest BCUT2D eigenvalue weighted by Crippen LogP contribution is -2.47. The molecule has 0 unspecified atom stereocenters. The predicted octanol–water partition coefficient (Wildman–Crippen LogP) is 2.36. The minimum atomic E-state index is -3.58. The maximum Gasteiger partial charge on any atom is 0.247 e. The number of pyridine rings is 1. The average molecular weight is 481 g/mol. The molecular weight excluding hydrogens is 452 g/mol. The summed E-state index contributed by atoms with van der Waals surface area (Å²) in [5, 5.41) is 2.88. The standard InChI is InChI=1S/C25H28N4O4S/c1-28(34(2,32)33)19-23(30)29(18-20-11-5-3-6-12-20)24(21-13-7-4-8-14-21)25(31)27-17-22-15-9-10-16-26-22/h3-16,24H,17-19H2,1-2H3,(H,27,31)/t24-/m0/s1. The fourth-order valence-electron chi connectivity index (χ4n) is 3.39. The number of rotatable bonds is 10. The van der Waals surface area contributed by atoms with E-state index < -0.39 is 22.0 Å². The maximum atomic E-state index is 13.5. The van der Waals surface area contributed by atoms with Crippen molar-refractivity contribution < 1.29 is 18.0 Å². The van der Waals surface area contributed by atoms with Crippen molar-refractivity contribution in [1.82, 2.24) is 19.5 Å². The van der Waals surface area contributed by atoms with E-state index in [1.54, 1.807) is 42.6 Å². The first-order valence-corrected chi connectivity index (χ1v) is 12.6. The molecule has 0 spiro atoms. The lowest BCUT2D eigenvalue weighted by atomic mass is 10.0. The molecule has 0 saturated heterocycles. The van der Waals surface area contributed by atoms with E-state index in [9.17, 15) is 18.0 Å². The second-order valence-electron chi connectivity index (χ2n) is 7.88. The smallest absolute Gasteiger partial charge is 0.247 e. The molecule has 0 aliphatic rings. The molecule has 34 heavy (non-hydrogen) atoms. The molecule has 1 N–H and O–H groups in total. The number of benzene rings is 2. The number of amides is 2. The van der Waals surface area contributed by atoms with Crippen molar-refractivity contribution >= 4 is 21.8 Å². The van der Waals surface area contributed by atoms with E-state index in [4.69, 9.17) is 0 Å². The minimum Gasteiger partial charge on any atom is -0.348 e. The van der Waals surface area contributed by atoms with Crippen LogP contribution in [0.4, 0.5) is 0 Å². The van der Waals surface area contributed by atoms with Gasteiger partial charge in [0.05, 0.1) is 25.0 Å². The molecule has 0 aliphatic heterocycles. The highest BCUT2D eigenvalue weighted by Gasteiger charge is 2.32. The van der Waals surface area contributed by atoms with Crippen LogP contribution in [0.2, 0.25) is 0 Å². The van der Waals surface area contributed by atoms with Crippen LogP contribution in [0.15, 0.2) is 85.1 Å². The van der Waals surface area contributed by atoms with Crippen LogP contribution < -0.4 is 5.32 Å². The van der Waals surface area contributed by atoms with Gasteiger partial charge in [-0.3, -0.25) is 14.6 Å². The summed E-state index contributed by atoms with van der Waals surface area (Å²) < 4.78 is 24.9. The molecule has 178 valence electrons. The lowest BCUT2D eigenvalue weighted by Gasteiger charge is -2.32. The summed E-state index contributed by atoms with van der Waals surface area (Å²) in [6.07, 6.45) is 2.68. The van der Waals surface area contributed by atoms with Crippen molar-refractivity contribution in [3.8, 4) is 0 Å². The quantitative estimate of drug-likeness (QED) is 0.480. The number of nitrogens with zero attached hydrogens (tertiary/aromatic N) is 3. The van der Waals surface area contributed by atoms with Crippen LogP contribution in [0, 0.1) is 0 Å². The van der Waals surface area contributed by atoms with Crippen LogP contribution in [0.1, 0.15) is 22.9 Å². The Morgan fingerprint density at radius 1 is 0.941 bits per heavy atom. The van der Waals surface area contributed by atoms with Crippen LogP contribution in [0.25, 0.3) is 0 Å². The van der Waals surface area contributed by atoms with Gasteiger partial charge in [0.15, 0.2) is 0 Å². The molecule has 1 aromatic heterocycles. The topological polar surface area (TPSA) is 99.7 Å². The van der Waals surface area contributed by atoms with Gasteiger partial charge in [-0.25, -0.2) is 8.42 Å². The molecule has 3 aromatic rings. The summed E-state index contributed by atoms with van der Waals surface area (Å²) in [4.78, 5) is 32.5. The Morgan fingerprint density at radius 3 is 2.15 bits per heavy atom. The van der Waals surface area contributed by atoms with Crippen LogP contribution in [0.3, 0.4) is 0 Å². The minimum absolute atomic E-state index is 0.133. The Morgan fingerprint density at radius 2 is 1.56 bits per heavy atom. The second kappa shape index (κ2) is 11.5. The molecule has 1 heterocycles. The molecule has 0 saturated carbocycles. The van der Waals surface area contributed by atoms with Gasteiger partial charge < -0.3 is 10.2 Å². The van der Waals surface area contributed by atoms with Crippen LogP contribution in [-0.4, -0.2) is 54.3 Å².